The number of nitrogens with one attached hydrogen (secondary N) is 1. The van der Waals surface area contributed by atoms with Gasteiger partial charge in [0.25, 0.3) is 0 Å². The number of aliphatic hydroxyl groups excluding tert-OH is 1. The molecule has 5 heteroatoms. The molecule has 0 spiro atoms. The van der Waals surface area contributed by atoms with Crippen LogP contribution in [0.5, 0.6) is 0 Å². The minimum absolute atomic E-state index is 0.0125. The van der Waals surface area contributed by atoms with Crippen molar-refractivity contribution in [2.75, 3.05) is 37.7 Å². The summed E-state index contributed by atoms with van der Waals surface area (Å²) < 4.78 is 5.34. The highest BCUT2D eigenvalue weighted by Gasteiger charge is 2.13. The standard InChI is InChI=1S/C16H24N2O3/c1-2-3-16(20)17-12-15(19)13-4-6-14(7-5-13)18-8-10-21-11-9-18/h4-7,15,19H,2-3,8-12H2,1H3,(H,17,20). The van der Waals surface area contributed by atoms with E-state index in [1.807, 2.05) is 31.2 Å². The van der Waals surface area contributed by atoms with E-state index in [1.54, 1.807) is 0 Å². The zero-order chi connectivity index (χ0) is 15.1. The summed E-state index contributed by atoms with van der Waals surface area (Å²) in [6.45, 7) is 5.53. The van der Waals surface area contributed by atoms with E-state index < -0.39 is 6.10 Å². The first kappa shape index (κ1) is 15.8. The molecule has 1 fully saturated rings. The van der Waals surface area contributed by atoms with Gasteiger partial charge in [0.1, 0.15) is 0 Å². The van der Waals surface area contributed by atoms with E-state index >= 15 is 0 Å². The Morgan fingerprint density at radius 2 is 2.00 bits per heavy atom. The van der Waals surface area contributed by atoms with Crippen molar-refractivity contribution in [3.63, 3.8) is 0 Å². The highest BCUT2D eigenvalue weighted by molar-refractivity contribution is 5.75. The molecule has 2 N–H and O–H groups in total. The van der Waals surface area contributed by atoms with Crippen LogP contribution in [0.1, 0.15) is 31.4 Å². The van der Waals surface area contributed by atoms with E-state index in [0.29, 0.717) is 6.42 Å². The van der Waals surface area contributed by atoms with Crippen molar-refractivity contribution in [2.45, 2.75) is 25.9 Å². The van der Waals surface area contributed by atoms with Crippen LogP contribution < -0.4 is 10.2 Å². The molecule has 0 aromatic heterocycles. The first-order valence-corrected chi connectivity index (χ1v) is 7.58. The molecule has 2 rings (SSSR count). The Kier molecular flexibility index (Phi) is 6.02. The van der Waals surface area contributed by atoms with Gasteiger partial charge in [0.05, 0.1) is 19.3 Å². The van der Waals surface area contributed by atoms with Gasteiger partial charge >= 0.3 is 0 Å². The van der Waals surface area contributed by atoms with Crippen LogP contribution in [0, 0.1) is 0 Å². The molecule has 0 aliphatic carbocycles. The largest absolute Gasteiger partial charge is 0.387 e. The fourth-order valence-corrected chi connectivity index (χ4v) is 2.37. The van der Waals surface area contributed by atoms with E-state index in [9.17, 15) is 9.90 Å². The number of rotatable bonds is 6. The maximum Gasteiger partial charge on any atom is 0.220 e. The second kappa shape index (κ2) is 8.00. The summed E-state index contributed by atoms with van der Waals surface area (Å²) in [7, 11) is 0. The Balaban J connectivity index is 1.87. The third kappa shape index (κ3) is 4.72. The number of aliphatic hydroxyl groups is 1. The molecule has 1 aliphatic rings. The Hall–Kier alpha value is -1.59. The minimum atomic E-state index is -0.662. The molecule has 1 unspecified atom stereocenters. The molecular formula is C16H24N2O3. The predicted octanol–water partition coefficient (Wildman–Crippen LogP) is 1.47. The third-order valence-electron chi connectivity index (χ3n) is 3.62. The zero-order valence-corrected chi connectivity index (χ0v) is 12.5. The minimum Gasteiger partial charge on any atom is -0.387 e. The van der Waals surface area contributed by atoms with Gasteiger partial charge in [-0.25, -0.2) is 0 Å². The first-order valence-electron chi connectivity index (χ1n) is 7.58. The number of nitrogens with zero attached hydrogens (tertiary/aromatic N) is 1. The van der Waals surface area contributed by atoms with Crippen molar-refractivity contribution in [1.29, 1.82) is 0 Å². The molecule has 21 heavy (non-hydrogen) atoms. The maximum atomic E-state index is 11.4. The van der Waals surface area contributed by atoms with Gasteiger partial charge in [-0.1, -0.05) is 19.1 Å². The second-order valence-electron chi connectivity index (χ2n) is 5.26. The molecule has 1 aromatic rings. The molecule has 0 radical (unpaired) electrons. The van der Waals surface area contributed by atoms with Crippen LogP contribution in [0.2, 0.25) is 0 Å². The lowest BCUT2D eigenvalue weighted by Gasteiger charge is -2.29. The van der Waals surface area contributed by atoms with Gasteiger partial charge in [-0.3, -0.25) is 4.79 Å². The lowest BCUT2D eigenvalue weighted by atomic mass is 10.1. The lowest BCUT2D eigenvalue weighted by Crippen LogP contribution is -2.36. The van der Waals surface area contributed by atoms with E-state index in [0.717, 1.165) is 44.0 Å². The summed E-state index contributed by atoms with van der Waals surface area (Å²) in [6, 6.07) is 7.86. The average molecular weight is 292 g/mol. The predicted molar refractivity (Wildman–Crippen MR) is 82.4 cm³/mol. The number of carbonyl (C=O) groups excluding carboxylic acids is 1. The van der Waals surface area contributed by atoms with Crippen molar-refractivity contribution in [2.24, 2.45) is 0 Å². The van der Waals surface area contributed by atoms with Crippen LogP contribution in [-0.2, 0) is 9.53 Å². The van der Waals surface area contributed by atoms with Crippen molar-refractivity contribution < 1.29 is 14.6 Å². The molecule has 1 heterocycles. The van der Waals surface area contributed by atoms with Gasteiger partial charge in [0.2, 0.25) is 5.91 Å². The molecule has 116 valence electrons. The molecule has 1 amide bonds. The smallest absolute Gasteiger partial charge is 0.220 e. The Labute approximate surface area is 125 Å². The van der Waals surface area contributed by atoms with E-state index in [1.165, 1.54) is 0 Å². The fraction of sp³-hybridized carbons (Fsp3) is 0.562. The van der Waals surface area contributed by atoms with Gasteiger partial charge in [-0.15, -0.1) is 0 Å². The summed E-state index contributed by atoms with van der Waals surface area (Å²) in [5.41, 5.74) is 1.97. The van der Waals surface area contributed by atoms with Crippen LogP contribution >= 0.6 is 0 Å². The number of anilines is 1. The molecular weight excluding hydrogens is 268 g/mol. The van der Waals surface area contributed by atoms with Crippen LogP contribution in [0.3, 0.4) is 0 Å². The van der Waals surface area contributed by atoms with E-state index in [-0.39, 0.29) is 12.5 Å². The quantitative estimate of drug-likeness (QED) is 0.833. The molecule has 1 saturated heterocycles. The van der Waals surface area contributed by atoms with Crippen LogP contribution in [0.15, 0.2) is 24.3 Å². The SMILES string of the molecule is CCCC(=O)NCC(O)c1ccc(N2CCOCC2)cc1. The molecule has 1 aromatic carbocycles. The third-order valence-corrected chi connectivity index (χ3v) is 3.62. The number of benzene rings is 1. The molecule has 1 atom stereocenters. The summed E-state index contributed by atoms with van der Waals surface area (Å²) in [5.74, 6) is -0.0125. The van der Waals surface area contributed by atoms with Crippen LogP contribution in [0.25, 0.3) is 0 Å². The average Bonchev–Trinajstić information content (AvgIpc) is 2.54. The summed E-state index contributed by atoms with van der Waals surface area (Å²) >= 11 is 0. The van der Waals surface area contributed by atoms with Gasteiger partial charge in [-0.2, -0.15) is 0 Å². The van der Waals surface area contributed by atoms with Crippen molar-refractivity contribution >= 4 is 11.6 Å². The number of hydrogen-bond acceptors (Lipinski definition) is 4. The molecule has 5 nitrogen and oxygen atoms in total. The Bertz CT molecular complexity index is 441. The topological polar surface area (TPSA) is 61.8 Å². The second-order valence-corrected chi connectivity index (χ2v) is 5.26. The summed E-state index contributed by atoms with van der Waals surface area (Å²) in [6.07, 6.45) is 0.656. The van der Waals surface area contributed by atoms with Crippen molar-refractivity contribution in [1.82, 2.24) is 5.32 Å². The normalized spacial score (nSPS) is 16.6. The summed E-state index contributed by atoms with van der Waals surface area (Å²) in [5, 5.41) is 12.8. The number of ether oxygens (including phenoxy) is 1. The molecule has 0 saturated carbocycles. The molecule has 0 bridgehead atoms. The number of hydrogen-bond donors (Lipinski definition) is 2. The monoisotopic (exact) mass is 292 g/mol. The number of amides is 1. The lowest BCUT2D eigenvalue weighted by molar-refractivity contribution is -0.121. The van der Waals surface area contributed by atoms with Gasteiger partial charge in [0.15, 0.2) is 0 Å². The number of carbonyl (C=O) groups is 1. The van der Waals surface area contributed by atoms with Crippen LogP contribution in [0.4, 0.5) is 5.69 Å². The van der Waals surface area contributed by atoms with Crippen LogP contribution in [-0.4, -0.2) is 43.9 Å². The van der Waals surface area contributed by atoms with Crippen molar-refractivity contribution in [3.05, 3.63) is 29.8 Å². The van der Waals surface area contributed by atoms with Gasteiger partial charge in [-0.05, 0) is 24.1 Å². The van der Waals surface area contributed by atoms with Crippen molar-refractivity contribution in [3.8, 4) is 0 Å². The van der Waals surface area contributed by atoms with E-state index in [2.05, 4.69) is 10.2 Å². The zero-order valence-electron chi connectivity index (χ0n) is 12.5. The van der Waals surface area contributed by atoms with Gasteiger partial charge in [0, 0.05) is 31.7 Å². The summed E-state index contributed by atoms with van der Waals surface area (Å²) in [4.78, 5) is 13.7. The molecule has 1 aliphatic heterocycles. The number of morpholine rings is 1. The first-order chi connectivity index (χ1) is 10.2. The highest BCUT2D eigenvalue weighted by Crippen LogP contribution is 2.20. The maximum absolute atomic E-state index is 11.4. The Morgan fingerprint density at radius 1 is 1.33 bits per heavy atom. The highest BCUT2D eigenvalue weighted by atomic mass is 16.5. The Morgan fingerprint density at radius 3 is 2.62 bits per heavy atom. The fourth-order valence-electron chi connectivity index (χ4n) is 2.37. The van der Waals surface area contributed by atoms with Gasteiger partial charge < -0.3 is 20.1 Å². The van der Waals surface area contributed by atoms with E-state index in [4.69, 9.17) is 4.74 Å².